The first-order chi connectivity index (χ1) is 15.7. The molecular formula is C26H26N2O3S. The summed E-state index contributed by atoms with van der Waals surface area (Å²) in [4.78, 5) is 24.9. The zero-order chi connectivity index (χ0) is 21.9. The Morgan fingerprint density at radius 1 is 1.06 bits per heavy atom. The largest absolute Gasteiger partial charge is 0.465 e. The molecule has 0 bridgehead atoms. The van der Waals surface area contributed by atoms with Gasteiger partial charge in [-0.05, 0) is 61.3 Å². The third-order valence-corrected chi connectivity index (χ3v) is 7.53. The second-order valence-corrected chi connectivity index (χ2v) is 9.69. The number of hydrogen-bond donors (Lipinski definition) is 1. The molecule has 6 heteroatoms. The number of thiophene rings is 1. The highest BCUT2D eigenvalue weighted by Crippen LogP contribution is 2.29. The number of nitrogens with one attached hydrogen (secondary N) is 1. The Morgan fingerprint density at radius 3 is 2.69 bits per heavy atom. The molecule has 0 spiro atoms. The van der Waals surface area contributed by atoms with Crippen LogP contribution in [-0.2, 0) is 16.1 Å². The van der Waals surface area contributed by atoms with E-state index in [0.717, 1.165) is 43.1 Å². The van der Waals surface area contributed by atoms with Crippen LogP contribution in [0, 0.1) is 5.92 Å². The maximum absolute atomic E-state index is 13.1. The number of benzene rings is 2. The van der Waals surface area contributed by atoms with E-state index < -0.39 is 0 Å². The van der Waals surface area contributed by atoms with Gasteiger partial charge in [0, 0.05) is 27.7 Å². The number of carbonyl (C=O) groups is 2. The van der Waals surface area contributed by atoms with Crippen molar-refractivity contribution in [3.05, 3.63) is 71.2 Å². The van der Waals surface area contributed by atoms with Crippen LogP contribution in [0.5, 0.6) is 0 Å². The third kappa shape index (κ3) is 4.28. The van der Waals surface area contributed by atoms with E-state index in [1.54, 1.807) is 11.3 Å². The van der Waals surface area contributed by atoms with Gasteiger partial charge in [0.05, 0.1) is 17.6 Å². The summed E-state index contributed by atoms with van der Waals surface area (Å²) in [7, 11) is 0. The summed E-state index contributed by atoms with van der Waals surface area (Å²) < 4.78 is 8.54. The van der Waals surface area contributed by atoms with E-state index in [4.69, 9.17) is 4.74 Å². The van der Waals surface area contributed by atoms with Gasteiger partial charge in [-0.2, -0.15) is 0 Å². The van der Waals surface area contributed by atoms with Crippen LogP contribution in [-0.4, -0.2) is 29.6 Å². The van der Waals surface area contributed by atoms with Gasteiger partial charge in [-0.1, -0.05) is 30.3 Å². The Labute approximate surface area is 191 Å². The standard InChI is InChI=1S/C26H26N2O3S/c29-17-31-21-10-8-18(9-11-21)15-27-26(30)23-6-3-5-19-12-13-28(25(19)23)16-22-14-20-4-1-2-7-24(20)32-22/h1-7,12-14,17-18,21H,8-11,15-16H2,(H,27,30). The molecule has 2 heterocycles. The van der Waals surface area contributed by atoms with Gasteiger partial charge in [-0.15, -0.1) is 11.3 Å². The summed E-state index contributed by atoms with van der Waals surface area (Å²) >= 11 is 1.80. The lowest BCUT2D eigenvalue weighted by atomic mass is 9.87. The average Bonchev–Trinajstić information content (AvgIpc) is 3.42. The minimum absolute atomic E-state index is 0.0295. The molecule has 2 aromatic carbocycles. The summed E-state index contributed by atoms with van der Waals surface area (Å²) in [5.41, 5.74) is 1.69. The van der Waals surface area contributed by atoms with E-state index in [0.29, 0.717) is 24.5 Å². The number of amides is 1. The van der Waals surface area contributed by atoms with Crippen molar-refractivity contribution in [1.82, 2.24) is 9.88 Å². The van der Waals surface area contributed by atoms with Gasteiger partial charge >= 0.3 is 0 Å². The van der Waals surface area contributed by atoms with Gasteiger partial charge in [-0.3, -0.25) is 9.59 Å². The highest BCUT2D eigenvalue weighted by atomic mass is 32.1. The lowest BCUT2D eigenvalue weighted by Crippen LogP contribution is -2.32. The number of fused-ring (bicyclic) bond motifs is 2. The average molecular weight is 447 g/mol. The van der Waals surface area contributed by atoms with Gasteiger partial charge < -0.3 is 14.6 Å². The van der Waals surface area contributed by atoms with Crippen molar-refractivity contribution in [3.8, 4) is 0 Å². The topological polar surface area (TPSA) is 60.3 Å². The summed E-state index contributed by atoms with van der Waals surface area (Å²) in [5, 5.41) is 5.48. The molecule has 1 fully saturated rings. The predicted molar refractivity (Wildman–Crippen MR) is 128 cm³/mol. The Kier molecular flexibility index (Phi) is 5.95. The summed E-state index contributed by atoms with van der Waals surface area (Å²) in [6.07, 6.45) is 5.77. The van der Waals surface area contributed by atoms with Crippen molar-refractivity contribution >= 4 is 44.7 Å². The van der Waals surface area contributed by atoms with E-state index in [9.17, 15) is 9.59 Å². The first-order valence-corrected chi connectivity index (χ1v) is 12.0. The minimum Gasteiger partial charge on any atom is -0.465 e. The normalized spacial score (nSPS) is 18.6. The van der Waals surface area contributed by atoms with Crippen LogP contribution in [0.25, 0.3) is 21.0 Å². The molecule has 0 saturated heterocycles. The van der Waals surface area contributed by atoms with E-state index in [2.05, 4.69) is 58.5 Å². The molecule has 0 atom stereocenters. The number of aromatic nitrogens is 1. The number of ether oxygens (including phenoxy) is 1. The minimum atomic E-state index is -0.0295. The fourth-order valence-corrected chi connectivity index (χ4v) is 5.81. The number of nitrogens with zero attached hydrogens (tertiary/aromatic N) is 1. The SMILES string of the molecule is O=COC1CCC(CNC(=O)c2cccc3ccn(Cc4cc5ccccc5s4)c23)CC1. The monoisotopic (exact) mass is 446 g/mol. The van der Waals surface area contributed by atoms with Crippen molar-refractivity contribution in [2.45, 2.75) is 38.3 Å². The highest BCUT2D eigenvalue weighted by Gasteiger charge is 2.23. The van der Waals surface area contributed by atoms with Crippen molar-refractivity contribution in [3.63, 3.8) is 0 Å². The second-order valence-electron chi connectivity index (χ2n) is 8.52. The van der Waals surface area contributed by atoms with Crippen LogP contribution in [0.2, 0.25) is 0 Å². The number of para-hydroxylation sites is 1. The number of carbonyl (C=O) groups excluding carboxylic acids is 2. The number of hydrogen-bond acceptors (Lipinski definition) is 4. The summed E-state index contributed by atoms with van der Waals surface area (Å²) in [5.74, 6) is 0.396. The van der Waals surface area contributed by atoms with E-state index >= 15 is 0 Å². The van der Waals surface area contributed by atoms with Crippen molar-refractivity contribution < 1.29 is 14.3 Å². The molecule has 0 aliphatic heterocycles. The predicted octanol–water partition coefficient (Wildman–Crippen LogP) is 5.37. The highest BCUT2D eigenvalue weighted by molar-refractivity contribution is 7.19. The summed E-state index contributed by atoms with van der Waals surface area (Å²) in [6.45, 7) is 1.94. The van der Waals surface area contributed by atoms with Gasteiger partial charge in [-0.25, -0.2) is 0 Å². The maximum Gasteiger partial charge on any atom is 0.293 e. The van der Waals surface area contributed by atoms with Crippen LogP contribution in [0.4, 0.5) is 0 Å². The molecule has 1 N–H and O–H groups in total. The second kappa shape index (κ2) is 9.17. The van der Waals surface area contributed by atoms with Crippen LogP contribution in [0.1, 0.15) is 40.9 Å². The molecule has 32 heavy (non-hydrogen) atoms. The molecule has 2 aromatic heterocycles. The molecule has 0 radical (unpaired) electrons. The maximum atomic E-state index is 13.1. The quantitative estimate of drug-likeness (QED) is 0.389. The first kappa shape index (κ1) is 20.8. The molecular weight excluding hydrogens is 420 g/mol. The molecule has 1 aliphatic rings. The zero-order valence-electron chi connectivity index (χ0n) is 17.8. The third-order valence-electron chi connectivity index (χ3n) is 6.43. The van der Waals surface area contributed by atoms with Crippen molar-refractivity contribution in [2.24, 2.45) is 5.92 Å². The summed E-state index contributed by atoms with van der Waals surface area (Å²) in [6, 6.07) is 18.6. The molecule has 1 amide bonds. The van der Waals surface area contributed by atoms with E-state index in [1.807, 2.05) is 12.1 Å². The molecule has 0 unspecified atom stereocenters. The molecule has 1 aliphatic carbocycles. The van der Waals surface area contributed by atoms with Crippen molar-refractivity contribution in [1.29, 1.82) is 0 Å². The van der Waals surface area contributed by atoms with Gasteiger partial charge in [0.2, 0.25) is 0 Å². The van der Waals surface area contributed by atoms with Gasteiger partial charge in [0.25, 0.3) is 12.4 Å². The fraction of sp³-hybridized carbons (Fsp3) is 0.308. The molecule has 4 aromatic rings. The lowest BCUT2D eigenvalue weighted by Gasteiger charge is -2.27. The van der Waals surface area contributed by atoms with E-state index in [-0.39, 0.29) is 12.0 Å². The molecule has 5 nitrogen and oxygen atoms in total. The Morgan fingerprint density at radius 2 is 1.88 bits per heavy atom. The molecule has 164 valence electrons. The van der Waals surface area contributed by atoms with Gasteiger partial charge in [0.15, 0.2) is 0 Å². The van der Waals surface area contributed by atoms with Crippen LogP contribution >= 0.6 is 11.3 Å². The number of rotatable bonds is 7. The van der Waals surface area contributed by atoms with Crippen molar-refractivity contribution in [2.75, 3.05) is 6.54 Å². The lowest BCUT2D eigenvalue weighted by molar-refractivity contribution is -0.135. The Balaban J connectivity index is 1.31. The van der Waals surface area contributed by atoms with Gasteiger partial charge in [0.1, 0.15) is 6.10 Å². The van der Waals surface area contributed by atoms with Crippen LogP contribution in [0.3, 0.4) is 0 Å². The van der Waals surface area contributed by atoms with Crippen LogP contribution in [0.15, 0.2) is 60.8 Å². The first-order valence-electron chi connectivity index (χ1n) is 11.1. The molecule has 1 saturated carbocycles. The van der Waals surface area contributed by atoms with E-state index in [1.165, 1.54) is 15.0 Å². The molecule has 5 rings (SSSR count). The zero-order valence-corrected chi connectivity index (χ0v) is 18.6. The fourth-order valence-electron chi connectivity index (χ4n) is 4.74. The smallest absolute Gasteiger partial charge is 0.293 e. The Bertz CT molecular complexity index is 1220. The van der Waals surface area contributed by atoms with Crippen LogP contribution < -0.4 is 5.32 Å². The Hall–Kier alpha value is -3.12.